The first-order valence-corrected chi connectivity index (χ1v) is 6.44. The van der Waals surface area contributed by atoms with Crippen molar-refractivity contribution in [1.82, 2.24) is 4.48 Å². The van der Waals surface area contributed by atoms with Gasteiger partial charge < -0.3 is 4.42 Å². The van der Waals surface area contributed by atoms with Gasteiger partial charge in [-0.2, -0.15) is 13.2 Å². The van der Waals surface area contributed by atoms with Crippen molar-refractivity contribution in [2.24, 2.45) is 0 Å². The van der Waals surface area contributed by atoms with Crippen molar-refractivity contribution in [3.8, 4) is 0 Å². The molecule has 1 aliphatic heterocycles. The maximum Gasteiger partial charge on any atom is 0.449 e. The maximum absolute atomic E-state index is 12.6. The molecule has 0 fully saturated rings. The van der Waals surface area contributed by atoms with Crippen LogP contribution >= 0.6 is 0 Å². The van der Waals surface area contributed by atoms with Gasteiger partial charge in [0.1, 0.15) is 12.2 Å². The summed E-state index contributed by atoms with van der Waals surface area (Å²) in [7, 11) is 1.70. The van der Waals surface area contributed by atoms with Crippen molar-refractivity contribution in [1.29, 1.82) is 0 Å². The number of quaternary nitrogens is 1. The molecule has 2 heterocycles. The molecule has 0 saturated carbocycles. The molecule has 1 unspecified atom stereocenters. The monoisotopic (exact) mass is 296 g/mol. The Morgan fingerprint density at radius 3 is 2.57 bits per heavy atom. The molecule has 110 valence electrons. The van der Waals surface area contributed by atoms with E-state index in [1.165, 1.54) is 6.07 Å². The van der Waals surface area contributed by atoms with E-state index >= 15 is 0 Å². The largest absolute Gasteiger partial charge is 0.450 e. The van der Waals surface area contributed by atoms with Crippen LogP contribution in [0.5, 0.6) is 0 Å². The van der Waals surface area contributed by atoms with Gasteiger partial charge in [0.05, 0.1) is 13.5 Å². The highest BCUT2D eigenvalue weighted by molar-refractivity contribution is 5.96. The number of rotatable bonds is 2. The molecule has 21 heavy (non-hydrogen) atoms. The molecular weight excluding hydrogens is 283 g/mol. The number of benzene rings is 1. The summed E-state index contributed by atoms with van der Waals surface area (Å²) in [5.41, 5.74) is 1.72. The molecule has 6 heteroatoms. The molecule has 0 bridgehead atoms. The zero-order valence-electron chi connectivity index (χ0n) is 11.3. The number of carbonyl (C=O) groups excluding carboxylic acids is 1. The van der Waals surface area contributed by atoms with Crippen molar-refractivity contribution < 1.29 is 22.4 Å². The molecule has 2 aromatic rings. The molecule has 0 spiro atoms. The van der Waals surface area contributed by atoms with E-state index in [4.69, 9.17) is 4.42 Å². The van der Waals surface area contributed by atoms with Crippen molar-refractivity contribution in [3.63, 3.8) is 0 Å². The summed E-state index contributed by atoms with van der Waals surface area (Å²) in [5.74, 6) is -0.944. The lowest BCUT2D eigenvalue weighted by atomic mass is 10.2. The maximum atomic E-state index is 12.6. The summed E-state index contributed by atoms with van der Waals surface area (Å²) < 4.78 is 42.5. The zero-order chi connectivity index (χ0) is 15.3. The minimum atomic E-state index is -4.51. The van der Waals surface area contributed by atoms with Crippen LogP contribution in [0, 0.1) is 0 Å². The topological polar surface area (TPSA) is 30.2 Å². The van der Waals surface area contributed by atoms with Gasteiger partial charge in [0.15, 0.2) is 5.76 Å². The van der Waals surface area contributed by atoms with Crippen LogP contribution in [0.4, 0.5) is 18.9 Å². The molecule has 0 aliphatic carbocycles. The molecular formula is C15H13F3NO2+. The molecule has 1 amide bonds. The van der Waals surface area contributed by atoms with Gasteiger partial charge in [0.25, 0.3) is 0 Å². The lowest BCUT2D eigenvalue weighted by Gasteiger charge is -2.25. The zero-order valence-corrected chi connectivity index (χ0v) is 11.3. The van der Waals surface area contributed by atoms with Gasteiger partial charge in [-0.1, -0.05) is 18.2 Å². The first-order valence-electron chi connectivity index (χ1n) is 6.44. The Bertz CT molecular complexity index is 705. The molecule has 1 atom stereocenters. The Labute approximate surface area is 119 Å². The summed E-state index contributed by atoms with van der Waals surface area (Å²) in [5, 5.41) is 0. The Morgan fingerprint density at radius 2 is 1.90 bits per heavy atom. The van der Waals surface area contributed by atoms with E-state index in [0.29, 0.717) is 6.42 Å². The van der Waals surface area contributed by atoms with E-state index in [9.17, 15) is 18.0 Å². The van der Waals surface area contributed by atoms with E-state index in [1.807, 2.05) is 24.3 Å². The van der Waals surface area contributed by atoms with Gasteiger partial charge in [-0.15, -0.1) is 0 Å². The number of alkyl halides is 3. The van der Waals surface area contributed by atoms with Crippen LogP contribution in [-0.2, 0) is 23.9 Å². The van der Waals surface area contributed by atoms with Gasteiger partial charge in [-0.25, -0.2) is 9.28 Å². The van der Waals surface area contributed by atoms with Crippen LogP contribution in [0.15, 0.2) is 40.8 Å². The van der Waals surface area contributed by atoms with Crippen LogP contribution in [0.1, 0.15) is 17.1 Å². The molecule has 3 nitrogen and oxygen atoms in total. The van der Waals surface area contributed by atoms with Crippen molar-refractivity contribution in [2.75, 3.05) is 7.05 Å². The van der Waals surface area contributed by atoms with Crippen molar-refractivity contribution in [2.45, 2.75) is 19.1 Å². The predicted octanol–water partition coefficient (Wildman–Crippen LogP) is 3.52. The fourth-order valence-corrected chi connectivity index (χ4v) is 2.71. The summed E-state index contributed by atoms with van der Waals surface area (Å²) >= 11 is 0. The number of halogens is 3. The first kappa shape index (κ1) is 13.9. The minimum absolute atomic E-state index is 0.0545. The summed E-state index contributed by atoms with van der Waals surface area (Å²) in [6.07, 6.45) is -4.22. The molecule has 0 saturated heterocycles. The second-order valence-corrected chi connectivity index (χ2v) is 5.31. The normalized spacial score (nSPS) is 21.6. The molecule has 3 rings (SSSR count). The van der Waals surface area contributed by atoms with E-state index in [0.717, 1.165) is 17.3 Å². The number of fused-ring (bicyclic) bond motifs is 1. The van der Waals surface area contributed by atoms with Gasteiger partial charge in [0, 0.05) is 5.56 Å². The Balaban J connectivity index is 1.94. The number of furan rings is 1. The third-order valence-electron chi connectivity index (χ3n) is 3.83. The predicted molar refractivity (Wildman–Crippen MR) is 70.3 cm³/mol. The highest BCUT2D eigenvalue weighted by Gasteiger charge is 2.44. The number of para-hydroxylation sites is 1. The van der Waals surface area contributed by atoms with Crippen LogP contribution < -0.4 is 4.48 Å². The number of hydrogen-bond donors (Lipinski definition) is 0. The fourth-order valence-electron chi connectivity index (χ4n) is 2.71. The highest BCUT2D eigenvalue weighted by atomic mass is 19.4. The third-order valence-corrected chi connectivity index (χ3v) is 3.83. The first-order chi connectivity index (χ1) is 9.80. The summed E-state index contributed by atoms with van der Waals surface area (Å²) in [6, 6.07) is 9.52. The molecule has 1 aromatic heterocycles. The van der Waals surface area contributed by atoms with Gasteiger partial charge in [-0.05, 0) is 18.2 Å². The van der Waals surface area contributed by atoms with Crippen LogP contribution in [0.25, 0.3) is 0 Å². The van der Waals surface area contributed by atoms with Crippen LogP contribution in [-0.4, -0.2) is 13.0 Å². The summed E-state index contributed by atoms with van der Waals surface area (Å²) in [6.45, 7) is 0.0753. The minimum Gasteiger partial charge on any atom is -0.450 e. The third kappa shape index (κ3) is 2.25. The molecule has 0 radical (unpaired) electrons. The highest BCUT2D eigenvalue weighted by Crippen LogP contribution is 2.37. The Kier molecular flexibility index (Phi) is 2.95. The van der Waals surface area contributed by atoms with Crippen molar-refractivity contribution >= 4 is 11.6 Å². The number of amides is 1. The van der Waals surface area contributed by atoms with Crippen LogP contribution in [0.2, 0.25) is 0 Å². The lowest BCUT2D eigenvalue weighted by molar-refractivity contribution is -0.153. The quantitative estimate of drug-likeness (QED) is 0.794. The average molecular weight is 296 g/mol. The van der Waals surface area contributed by atoms with E-state index in [1.54, 1.807) is 7.05 Å². The Morgan fingerprint density at radius 1 is 1.19 bits per heavy atom. The van der Waals surface area contributed by atoms with Gasteiger partial charge >= 0.3 is 12.1 Å². The van der Waals surface area contributed by atoms with Gasteiger partial charge in [0.2, 0.25) is 5.76 Å². The second kappa shape index (κ2) is 4.46. The molecule has 1 aromatic carbocycles. The summed E-state index contributed by atoms with van der Waals surface area (Å²) in [4.78, 5) is 12.3. The molecule has 0 N–H and O–H groups in total. The van der Waals surface area contributed by atoms with E-state index in [-0.39, 0.29) is 22.7 Å². The molecule has 1 aliphatic rings. The number of carbonyl (C=O) groups is 1. The SMILES string of the molecule is C[N+]1(Cc2ccc(C(F)(F)F)o2)C(=O)Cc2ccccc21. The standard InChI is InChI=1S/C15H13F3NO2/c1-19(9-11-6-7-13(21-11)15(16,17)18)12-5-3-2-4-10(12)8-14(19)20/h2-7H,8-9H2,1H3/q+1. The Hall–Kier alpha value is -2.08. The average Bonchev–Trinajstić information content (AvgIpc) is 2.95. The van der Waals surface area contributed by atoms with E-state index < -0.39 is 11.9 Å². The van der Waals surface area contributed by atoms with E-state index in [2.05, 4.69) is 0 Å². The fraction of sp³-hybridized carbons (Fsp3) is 0.267. The van der Waals surface area contributed by atoms with Crippen molar-refractivity contribution in [3.05, 3.63) is 53.5 Å². The smallest absolute Gasteiger partial charge is 0.449 e. The van der Waals surface area contributed by atoms with Gasteiger partial charge in [-0.3, -0.25) is 0 Å². The number of likely N-dealkylation sites (N-methyl/N-ethyl adjacent to an activating group) is 1. The second-order valence-electron chi connectivity index (χ2n) is 5.31. The number of hydrogen-bond acceptors (Lipinski definition) is 2. The van der Waals surface area contributed by atoms with Crippen LogP contribution in [0.3, 0.4) is 0 Å². The lowest BCUT2D eigenvalue weighted by Crippen LogP contribution is -2.46. The number of nitrogens with zero attached hydrogens (tertiary/aromatic N) is 1.